The molecule has 0 spiro atoms. The summed E-state index contributed by atoms with van der Waals surface area (Å²) in [7, 11) is 0. The summed E-state index contributed by atoms with van der Waals surface area (Å²) < 4.78 is 8.12. The first-order chi connectivity index (χ1) is 15.6. The van der Waals surface area contributed by atoms with Crippen molar-refractivity contribution < 1.29 is 9.53 Å². The van der Waals surface area contributed by atoms with Crippen molar-refractivity contribution >= 4 is 34.2 Å². The second-order valence-corrected chi connectivity index (χ2v) is 8.47. The quantitative estimate of drug-likeness (QED) is 0.389. The third-order valence-corrected chi connectivity index (χ3v) is 6.13. The number of carbonyl (C=O) groups is 1. The number of benzene rings is 3. The molecule has 0 N–H and O–H groups in total. The lowest BCUT2D eigenvalue weighted by molar-refractivity contribution is -0.119. The summed E-state index contributed by atoms with van der Waals surface area (Å²) in [6.45, 7) is 2.89. The molecule has 0 bridgehead atoms. The van der Waals surface area contributed by atoms with E-state index in [4.69, 9.17) is 21.3 Å². The highest BCUT2D eigenvalue weighted by molar-refractivity contribution is 6.30. The first-order valence-electron chi connectivity index (χ1n) is 10.9. The molecule has 4 aromatic rings. The van der Waals surface area contributed by atoms with Gasteiger partial charge in [-0.05, 0) is 67.8 Å². The number of imidazole rings is 1. The Kier molecular flexibility index (Phi) is 5.58. The lowest BCUT2D eigenvalue weighted by atomic mass is 10.0. The third kappa shape index (κ3) is 3.96. The van der Waals surface area contributed by atoms with E-state index in [9.17, 15) is 4.79 Å². The molecule has 5 rings (SSSR count). The van der Waals surface area contributed by atoms with E-state index < -0.39 is 0 Å². The van der Waals surface area contributed by atoms with Gasteiger partial charge < -0.3 is 14.2 Å². The predicted octanol–water partition coefficient (Wildman–Crippen LogP) is 5.81. The Labute approximate surface area is 192 Å². The summed E-state index contributed by atoms with van der Waals surface area (Å²) in [6.07, 6.45) is 1.63. The molecule has 6 heteroatoms. The topological polar surface area (TPSA) is 47.4 Å². The highest BCUT2D eigenvalue weighted by Crippen LogP contribution is 2.29. The number of hydrogen-bond acceptors (Lipinski definition) is 3. The fourth-order valence-corrected chi connectivity index (χ4v) is 4.48. The van der Waals surface area contributed by atoms with E-state index in [0.29, 0.717) is 10.8 Å². The van der Waals surface area contributed by atoms with E-state index in [-0.39, 0.29) is 18.6 Å². The zero-order valence-corrected chi connectivity index (χ0v) is 18.6. The van der Waals surface area contributed by atoms with Crippen LogP contribution < -0.4 is 9.64 Å². The molecule has 0 radical (unpaired) electrons. The molecule has 2 heterocycles. The van der Waals surface area contributed by atoms with Crippen LogP contribution in [0.5, 0.6) is 5.75 Å². The fraction of sp³-hybridized carbons (Fsp3) is 0.231. The second kappa shape index (κ2) is 8.67. The van der Waals surface area contributed by atoms with Gasteiger partial charge in [-0.15, -0.1) is 0 Å². The summed E-state index contributed by atoms with van der Waals surface area (Å²) in [5.74, 6) is 1.48. The van der Waals surface area contributed by atoms with Crippen LogP contribution in [0.3, 0.4) is 0 Å². The molecule has 0 saturated carbocycles. The highest BCUT2D eigenvalue weighted by Gasteiger charge is 2.25. The summed E-state index contributed by atoms with van der Waals surface area (Å²) in [4.78, 5) is 20.2. The van der Waals surface area contributed by atoms with Gasteiger partial charge in [0.05, 0.1) is 11.0 Å². The minimum absolute atomic E-state index is 0.0558. The molecule has 1 atom stereocenters. The van der Waals surface area contributed by atoms with Gasteiger partial charge in [-0.1, -0.05) is 41.9 Å². The molecular formula is C26H24ClN3O2. The number of ether oxygens (including phenoxy) is 1. The van der Waals surface area contributed by atoms with Gasteiger partial charge in [-0.3, -0.25) is 4.79 Å². The molecular weight excluding hydrogens is 422 g/mol. The molecule has 0 aliphatic carbocycles. The minimum Gasteiger partial charge on any atom is -0.483 e. The van der Waals surface area contributed by atoms with E-state index >= 15 is 0 Å². The SMILES string of the molecule is CC(Oc1ccc(Cl)cc1)c1nc2ccccc2n1CC(=O)N1CCCc2ccccc21. The maximum absolute atomic E-state index is 13.5. The zero-order chi connectivity index (χ0) is 22.1. The number of aryl methyl sites for hydroxylation is 1. The van der Waals surface area contributed by atoms with E-state index in [1.807, 2.05) is 71.0 Å². The number of aromatic nitrogens is 2. The number of halogens is 1. The lowest BCUT2D eigenvalue weighted by Gasteiger charge is -2.30. The number of amides is 1. The Balaban J connectivity index is 1.47. The highest BCUT2D eigenvalue weighted by atomic mass is 35.5. The average Bonchev–Trinajstić information content (AvgIpc) is 3.18. The molecule has 32 heavy (non-hydrogen) atoms. The third-order valence-electron chi connectivity index (χ3n) is 5.88. The number of hydrogen-bond donors (Lipinski definition) is 0. The van der Waals surface area contributed by atoms with Gasteiger partial charge in [0, 0.05) is 17.3 Å². The molecule has 1 unspecified atom stereocenters. The summed E-state index contributed by atoms with van der Waals surface area (Å²) in [6, 6.07) is 23.3. The largest absolute Gasteiger partial charge is 0.483 e. The van der Waals surface area contributed by atoms with Crippen molar-refractivity contribution in [1.29, 1.82) is 0 Å². The Morgan fingerprint density at radius 3 is 2.66 bits per heavy atom. The van der Waals surface area contributed by atoms with E-state index in [1.54, 1.807) is 12.1 Å². The van der Waals surface area contributed by atoms with E-state index in [1.165, 1.54) is 5.56 Å². The molecule has 162 valence electrons. The molecule has 0 fully saturated rings. The van der Waals surface area contributed by atoms with Crippen molar-refractivity contribution in [3.05, 3.63) is 89.2 Å². The maximum Gasteiger partial charge on any atom is 0.246 e. The molecule has 1 aliphatic heterocycles. The number of rotatable bonds is 5. The van der Waals surface area contributed by atoms with Crippen molar-refractivity contribution in [1.82, 2.24) is 9.55 Å². The normalized spacial score (nSPS) is 14.2. The predicted molar refractivity (Wildman–Crippen MR) is 127 cm³/mol. The van der Waals surface area contributed by atoms with Crippen LogP contribution in [0.4, 0.5) is 5.69 Å². The average molecular weight is 446 g/mol. The van der Waals surface area contributed by atoms with Crippen LogP contribution in [0.25, 0.3) is 11.0 Å². The van der Waals surface area contributed by atoms with E-state index in [0.717, 1.165) is 41.9 Å². The maximum atomic E-state index is 13.5. The first-order valence-corrected chi connectivity index (χ1v) is 11.2. The summed E-state index contributed by atoms with van der Waals surface area (Å²) in [5, 5.41) is 0.657. The van der Waals surface area contributed by atoms with Crippen LogP contribution in [0.15, 0.2) is 72.8 Å². The molecule has 5 nitrogen and oxygen atoms in total. The van der Waals surface area contributed by atoms with Crippen LogP contribution in [0, 0.1) is 0 Å². The van der Waals surface area contributed by atoms with Crippen LogP contribution in [0.2, 0.25) is 5.02 Å². The lowest BCUT2D eigenvalue weighted by Crippen LogP contribution is -2.38. The van der Waals surface area contributed by atoms with Crippen molar-refractivity contribution in [2.45, 2.75) is 32.4 Å². The van der Waals surface area contributed by atoms with Crippen molar-refractivity contribution in [3.8, 4) is 5.75 Å². The summed E-state index contributed by atoms with van der Waals surface area (Å²) >= 11 is 6.00. The van der Waals surface area contributed by atoms with Crippen LogP contribution >= 0.6 is 11.6 Å². The van der Waals surface area contributed by atoms with Crippen LogP contribution in [-0.4, -0.2) is 22.0 Å². The van der Waals surface area contributed by atoms with Crippen LogP contribution in [0.1, 0.15) is 30.8 Å². The standard InChI is InChI=1S/C26H24ClN3O2/c1-18(32-21-14-12-20(27)13-15-21)26-28-22-9-3-5-11-24(22)30(26)17-25(31)29-16-6-8-19-7-2-4-10-23(19)29/h2-5,7,9-15,18H,6,8,16-17H2,1H3. The van der Waals surface area contributed by atoms with Gasteiger partial charge >= 0.3 is 0 Å². The number of anilines is 1. The van der Waals surface area contributed by atoms with Gasteiger partial charge in [-0.2, -0.15) is 0 Å². The Bertz CT molecular complexity index is 1270. The van der Waals surface area contributed by atoms with Gasteiger partial charge in [0.2, 0.25) is 5.91 Å². The van der Waals surface area contributed by atoms with Crippen LogP contribution in [-0.2, 0) is 17.8 Å². The van der Waals surface area contributed by atoms with Crippen molar-refractivity contribution in [2.75, 3.05) is 11.4 Å². The molecule has 3 aromatic carbocycles. The number of fused-ring (bicyclic) bond motifs is 2. The Hall–Kier alpha value is -3.31. The first kappa shape index (κ1) is 20.6. The number of nitrogens with zero attached hydrogens (tertiary/aromatic N) is 3. The van der Waals surface area contributed by atoms with Crippen molar-refractivity contribution in [2.24, 2.45) is 0 Å². The second-order valence-electron chi connectivity index (χ2n) is 8.04. The van der Waals surface area contributed by atoms with Gasteiger partial charge in [-0.25, -0.2) is 4.98 Å². The Morgan fingerprint density at radius 2 is 1.81 bits per heavy atom. The molecule has 1 aliphatic rings. The number of carbonyl (C=O) groups excluding carboxylic acids is 1. The molecule has 1 aromatic heterocycles. The molecule has 0 saturated heterocycles. The van der Waals surface area contributed by atoms with Gasteiger partial charge in [0.15, 0.2) is 11.9 Å². The smallest absolute Gasteiger partial charge is 0.246 e. The van der Waals surface area contributed by atoms with Gasteiger partial charge in [0.1, 0.15) is 12.3 Å². The van der Waals surface area contributed by atoms with Crippen molar-refractivity contribution in [3.63, 3.8) is 0 Å². The zero-order valence-electron chi connectivity index (χ0n) is 17.9. The fourth-order valence-electron chi connectivity index (χ4n) is 4.35. The summed E-state index contributed by atoms with van der Waals surface area (Å²) in [5.41, 5.74) is 4.01. The van der Waals surface area contributed by atoms with Gasteiger partial charge in [0.25, 0.3) is 0 Å². The number of para-hydroxylation sites is 3. The Morgan fingerprint density at radius 1 is 1.06 bits per heavy atom. The van der Waals surface area contributed by atoms with E-state index in [2.05, 4.69) is 6.07 Å². The monoisotopic (exact) mass is 445 g/mol. The molecule has 1 amide bonds. The minimum atomic E-state index is -0.343.